The molecule has 2 rings (SSSR count). The summed E-state index contributed by atoms with van der Waals surface area (Å²) in [4.78, 5) is 11.6. The zero-order valence-electron chi connectivity index (χ0n) is 13.7. The molecule has 6 nitrogen and oxygen atoms in total. The topological polar surface area (TPSA) is 78.5 Å². The Balaban J connectivity index is 2.11. The number of sulfonamides is 1. The highest BCUT2D eigenvalue weighted by Gasteiger charge is 2.29. The molecule has 0 bridgehead atoms. The SMILES string of the molecule is CCC(=O)Nc1ccc(S(=O)(=O)N2CCCC(CNC)C2)cc1. The molecule has 0 aliphatic carbocycles. The lowest BCUT2D eigenvalue weighted by atomic mass is 10.00. The van der Waals surface area contributed by atoms with Crippen molar-refractivity contribution < 1.29 is 13.2 Å². The summed E-state index contributed by atoms with van der Waals surface area (Å²) in [6, 6.07) is 6.38. The Kier molecular flexibility index (Phi) is 6.15. The predicted molar refractivity (Wildman–Crippen MR) is 90.8 cm³/mol. The van der Waals surface area contributed by atoms with Crippen molar-refractivity contribution in [2.45, 2.75) is 31.1 Å². The standard InChI is InChI=1S/C16H25N3O3S/c1-3-16(20)18-14-6-8-15(9-7-14)23(21,22)19-10-4-5-13(12-19)11-17-2/h6-9,13,17H,3-5,10-12H2,1-2H3,(H,18,20). The van der Waals surface area contributed by atoms with Crippen LogP contribution in [0, 0.1) is 5.92 Å². The summed E-state index contributed by atoms with van der Waals surface area (Å²) in [5.74, 6) is 0.262. The van der Waals surface area contributed by atoms with Crippen LogP contribution in [0.4, 0.5) is 5.69 Å². The molecule has 1 aliphatic heterocycles. The van der Waals surface area contributed by atoms with E-state index in [2.05, 4.69) is 10.6 Å². The van der Waals surface area contributed by atoms with Gasteiger partial charge in [-0.3, -0.25) is 4.79 Å². The molecule has 1 fully saturated rings. The second-order valence-corrected chi connectivity index (χ2v) is 7.79. The van der Waals surface area contributed by atoms with Crippen molar-refractivity contribution in [3.63, 3.8) is 0 Å². The van der Waals surface area contributed by atoms with Crippen LogP contribution in [0.5, 0.6) is 0 Å². The summed E-state index contributed by atoms with van der Waals surface area (Å²) in [6.07, 6.45) is 2.33. The van der Waals surface area contributed by atoms with Crippen LogP contribution in [0.15, 0.2) is 29.2 Å². The fourth-order valence-electron chi connectivity index (χ4n) is 2.81. The molecule has 0 aromatic heterocycles. The predicted octanol–water partition coefficient (Wildman–Crippen LogP) is 1.66. The zero-order valence-corrected chi connectivity index (χ0v) is 14.5. The molecule has 1 saturated heterocycles. The lowest BCUT2D eigenvalue weighted by Gasteiger charge is -2.31. The lowest BCUT2D eigenvalue weighted by Crippen LogP contribution is -2.42. The monoisotopic (exact) mass is 339 g/mol. The fraction of sp³-hybridized carbons (Fsp3) is 0.562. The minimum Gasteiger partial charge on any atom is -0.326 e. The third kappa shape index (κ3) is 4.53. The van der Waals surface area contributed by atoms with E-state index in [0.29, 0.717) is 31.1 Å². The van der Waals surface area contributed by atoms with Crippen LogP contribution in [0.1, 0.15) is 26.2 Å². The van der Waals surface area contributed by atoms with Crippen LogP contribution in [0.2, 0.25) is 0 Å². The summed E-state index contributed by atoms with van der Waals surface area (Å²) in [5, 5.41) is 5.84. The quantitative estimate of drug-likeness (QED) is 0.826. The van der Waals surface area contributed by atoms with Gasteiger partial charge in [0.25, 0.3) is 0 Å². The van der Waals surface area contributed by atoms with Gasteiger partial charge in [0, 0.05) is 25.2 Å². The number of hydrogen-bond donors (Lipinski definition) is 2. The average molecular weight is 339 g/mol. The van der Waals surface area contributed by atoms with Crippen LogP contribution in [0.3, 0.4) is 0 Å². The van der Waals surface area contributed by atoms with Crippen molar-refractivity contribution >= 4 is 21.6 Å². The van der Waals surface area contributed by atoms with Crippen LogP contribution in [-0.2, 0) is 14.8 Å². The highest BCUT2D eigenvalue weighted by Crippen LogP contribution is 2.24. The minimum atomic E-state index is -3.47. The Morgan fingerprint density at radius 3 is 2.61 bits per heavy atom. The largest absolute Gasteiger partial charge is 0.326 e. The molecular formula is C16H25N3O3S. The fourth-order valence-corrected chi connectivity index (χ4v) is 4.36. The Hall–Kier alpha value is -1.44. The van der Waals surface area contributed by atoms with E-state index in [1.54, 1.807) is 35.5 Å². The summed E-state index contributed by atoms with van der Waals surface area (Å²) in [5.41, 5.74) is 0.613. The Labute approximate surface area is 138 Å². The van der Waals surface area contributed by atoms with Crippen molar-refractivity contribution in [2.24, 2.45) is 5.92 Å². The first-order valence-electron chi connectivity index (χ1n) is 8.02. The maximum atomic E-state index is 12.7. The first kappa shape index (κ1) is 17.9. The van der Waals surface area contributed by atoms with E-state index in [1.165, 1.54) is 0 Å². The number of anilines is 1. The summed E-state index contributed by atoms with van der Waals surface area (Å²) in [7, 11) is -1.59. The highest BCUT2D eigenvalue weighted by atomic mass is 32.2. The van der Waals surface area contributed by atoms with Crippen molar-refractivity contribution in [1.82, 2.24) is 9.62 Å². The Bertz CT molecular complexity index is 626. The average Bonchev–Trinajstić information content (AvgIpc) is 2.56. The summed E-state index contributed by atoms with van der Waals surface area (Å²) < 4.78 is 27.1. The minimum absolute atomic E-state index is 0.0912. The van der Waals surface area contributed by atoms with E-state index in [0.717, 1.165) is 19.4 Å². The van der Waals surface area contributed by atoms with Crippen molar-refractivity contribution in [3.05, 3.63) is 24.3 Å². The van der Waals surface area contributed by atoms with Crippen molar-refractivity contribution in [2.75, 3.05) is 32.0 Å². The smallest absolute Gasteiger partial charge is 0.243 e. The Morgan fingerprint density at radius 1 is 1.30 bits per heavy atom. The maximum absolute atomic E-state index is 12.7. The molecule has 1 amide bonds. The molecule has 1 atom stereocenters. The number of carbonyl (C=O) groups is 1. The Morgan fingerprint density at radius 2 is 2.00 bits per heavy atom. The van der Waals surface area contributed by atoms with Gasteiger partial charge in [-0.1, -0.05) is 6.92 Å². The molecule has 0 radical (unpaired) electrons. The van der Waals surface area contributed by atoms with Gasteiger partial charge in [-0.2, -0.15) is 4.31 Å². The zero-order chi connectivity index (χ0) is 16.9. The molecule has 7 heteroatoms. The second-order valence-electron chi connectivity index (χ2n) is 5.86. The van der Waals surface area contributed by atoms with Crippen LogP contribution in [-0.4, -0.2) is 45.3 Å². The number of nitrogens with one attached hydrogen (secondary N) is 2. The lowest BCUT2D eigenvalue weighted by molar-refractivity contribution is -0.115. The van der Waals surface area contributed by atoms with Gasteiger partial charge in [0.15, 0.2) is 0 Å². The first-order valence-corrected chi connectivity index (χ1v) is 9.46. The van der Waals surface area contributed by atoms with E-state index < -0.39 is 10.0 Å². The van der Waals surface area contributed by atoms with Gasteiger partial charge in [-0.15, -0.1) is 0 Å². The van der Waals surface area contributed by atoms with E-state index in [1.807, 2.05) is 7.05 Å². The molecule has 1 aromatic carbocycles. The number of rotatable bonds is 6. The molecule has 23 heavy (non-hydrogen) atoms. The number of hydrogen-bond acceptors (Lipinski definition) is 4. The number of benzene rings is 1. The third-order valence-corrected chi connectivity index (χ3v) is 5.95. The van der Waals surface area contributed by atoms with Gasteiger partial charge in [0.05, 0.1) is 4.90 Å². The molecule has 1 unspecified atom stereocenters. The molecule has 0 spiro atoms. The van der Waals surface area contributed by atoms with Gasteiger partial charge in [0.1, 0.15) is 0 Å². The van der Waals surface area contributed by atoms with E-state index in [9.17, 15) is 13.2 Å². The summed E-state index contributed by atoms with van der Waals surface area (Å²) in [6.45, 7) is 3.72. The molecule has 1 heterocycles. The number of carbonyl (C=O) groups excluding carboxylic acids is 1. The van der Waals surface area contributed by atoms with E-state index in [4.69, 9.17) is 0 Å². The van der Waals surface area contributed by atoms with Gasteiger partial charge in [-0.05, 0) is 56.6 Å². The number of nitrogens with zero attached hydrogens (tertiary/aromatic N) is 1. The van der Waals surface area contributed by atoms with Crippen LogP contribution < -0.4 is 10.6 Å². The van der Waals surface area contributed by atoms with Gasteiger partial charge >= 0.3 is 0 Å². The van der Waals surface area contributed by atoms with Gasteiger partial charge in [0.2, 0.25) is 15.9 Å². The molecule has 1 aliphatic rings. The van der Waals surface area contributed by atoms with E-state index in [-0.39, 0.29) is 10.8 Å². The van der Waals surface area contributed by atoms with Crippen molar-refractivity contribution in [1.29, 1.82) is 0 Å². The molecule has 2 N–H and O–H groups in total. The maximum Gasteiger partial charge on any atom is 0.243 e. The van der Waals surface area contributed by atoms with Crippen LogP contribution in [0.25, 0.3) is 0 Å². The van der Waals surface area contributed by atoms with Crippen LogP contribution >= 0.6 is 0 Å². The van der Waals surface area contributed by atoms with Crippen molar-refractivity contribution in [3.8, 4) is 0 Å². The summed E-state index contributed by atoms with van der Waals surface area (Å²) >= 11 is 0. The normalized spacial score (nSPS) is 19.5. The second kappa shape index (κ2) is 7.90. The molecule has 128 valence electrons. The molecule has 0 saturated carbocycles. The molecular weight excluding hydrogens is 314 g/mol. The van der Waals surface area contributed by atoms with Gasteiger partial charge in [-0.25, -0.2) is 8.42 Å². The number of piperidine rings is 1. The number of amides is 1. The van der Waals surface area contributed by atoms with Gasteiger partial charge < -0.3 is 10.6 Å². The molecule has 1 aromatic rings. The highest BCUT2D eigenvalue weighted by molar-refractivity contribution is 7.89. The first-order chi connectivity index (χ1) is 11.0. The third-order valence-electron chi connectivity index (χ3n) is 4.07. The van der Waals surface area contributed by atoms with E-state index >= 15 is 0 Å².